The van der Waals surface area contributed by atoms with Crippen molar-refractivity contribution < 1.29 is 23.5 Å². The molecule has 2 aromatic rings. The molecule has 0 N–H and O–H groups in total. The number of hydrogen-bond donors (Lipinski definition) is 0. The van der Waals surface area contributed by atoms with Crippen molar-refractivity contribution in [1.29, 1.82) is 0 Å². The van der Waals surface area contributed by atoms with Gasteiger partial charge in [-0.15, -0.1) is 0 Å². The van der Waals surface area contributed by atoms with Crippen molar-refractivity contribution in [2.75, 3.05) is 14.2 Å². The number of benzene rings is 1. The number of ketones is 2. The number of hydrogen-bond acceptors (Lipinski definition) is 6. The van der Waals surface area contributed by atoms with Crippen LogP contribution in [0.3, 0.4) is 0 Å². The standard InChI is InChI=1S/C27H39NO5/c1-6-10-20(11-7-2)12-8-9-13-22(29)17-23(30)18-24-19(3)33-27(28-24)21-14-15-25(31-4)26(16-21)32-5/h14-16,20H,6-13,17-18H2,1-5H3. The Balaban J connectivity index is 1.86. The summed E-state index contributed by atoms with van der Waals surface area (Å²) in [4.78, 5) is 29.3. The molecule has 0 aliphatic carbocycles. The van der Waals surface area contributed by atoms with E-state index in [1.54, 1.807) is 33.3 Å². The van der Waals surface area contributed by atoms with Gasteiger partial charge in [0.1, 0.15) is 17.3 Å². The van der Waals surface area contributed by atoms with Crippen LogP contribution in [0.4, 0.5) is 0 Å². The molecular weight excluding hydrogens is 418 g/mol. The lowest BCUT2D eigenvalue weighted by atomic mass is 9.92. The lowest BCUT2D eigenvalue weighted by Gasteiger charge is -2.14. The zero-order chi connectivity index (χ0) is 24.2. The number of aromatic nitrogens is 1. The number of carbonyl (C=O) groups is 2. The molecule has 6 heteroatoms. The smallest absolute Gasteiger partial charge is 0.226 e. The normalized spacial score (nSPS) is 11.1. The van der Waals surface area contributed by atoms with Crippen LogP contribution in [-0.2, 0) is 16.0 Å². The number of Topliss-reactive ketones (excluding diaryl/α,β-unsaturated/α-hetero) is 2. The van der Waals surface area contributed by atoms with Crippen molar-refractivity contribution in [3.63, 3.8) is 0 Å². The van der Waals surface area contributed by atoms with Gasteiger partial charge in [-0.25, -0.2) is 4.98 Å². The zero-order valence-electron chi connectivity index (χ0n) is 20.9. The Morgan fingerprint density at radius 1 is 0.970 bits per heavy atom. The fraction of sp³-hybridized carbons (Fsp3) is 0.593. The van der Waals surface area contributed by atoms with E-state index >= 15 is 0 Å². The summed E-state index contributed by atoms with van der Waals surface area (Å²) in [5.41, 5.74) is 1.30. The molecule has 6 nitrogen and oxygen atoms in total. The molecule has 0 unspecified atom stereocenters. The van der Waals surface area contributed by atoms with Crippen LogP contribution in [0.5, 0.6) is 11.5 Å². The Kier molecular flexibility index (Phi) is 11.1. The van der Waals surface area contributed by atoms with Gasteiger partial charge in [-0.2, -0.15) is 0 Å². The Morgan fingerprint density at radius 3 is 2.30 bits per heavy atom. The highest BCUT2D eigenvalue weighted by molar-refractivity contribution is 5.99. The van der Waals surface area contributed by atoms with Crippen LogP contribution >= 0.6 is 0 Å². The largest absolute Gasteiger partial charge is 0.493 e. The molecule has 0 fully saturated rings. The predicted octanol–water partition coefficient (Wildman–Crippen LogP) is 6.51. The minimum Gasteiger partial charge on any atom is -0.493 e. The molecule has 0 bridgehead atoms. The summed E-state index contributed by atoms with van der Waals surface area (Å²) in [5, 5.41) is 0. The second-order valence-corrected chi connectivity index (χ2v) is 8.71. The lowest BCUT2D eigenvalue weighted by molar-refractivity contribution is -0.126. The second kappa shape index (κ2) is 13.8. The van der Waals surface area contributed by atoms with Crippen LogP contribution in [0, 0.1) is 12.8 Å². The van der Waals surface area contributed by atoms with Gasteiger partial charge in [0.25, 0.3) is 0 Å². The van der Waals surface area contributed by atoms with Crippen LogP contribution in [0.1, 0.15) is 83.1 Å². The SMILES string of the molecule is CCCC(CCC)CCCCC(=O)CC(=O)Cc1nc(-c2ccc(OC)c(OC)c2)oc1C. The Hall–Kier alpha value is -2.63. The van der Waals surface area contributed by atoms with Crippen molar-refractivity contribution in [2.45, 2.75) is 85.0 Å². The highest BCUT2D eigenvalue weighted by Gasteiger charge is 2.18. The Labute approximate surface area is 198 Å². The molecule has 0 amide bonds. The van der Waals surface area contributed by atoms with Crippen LogP contribution < -0.4 is 9.47 Å². The third-order valence-corrected chi connectivity index (χ3v) is 5.99. The van der Waals surface area contributed by atoms with E-state index in [0.29, 0.717) is 35.3 Å². The molecule has 1 heterocycles. The van der Waals surface area contributed by atoms with Crippen molar-refractivity contribution in [3.05, 3.63) is 29.7 Å². The van der Waals surface area contributed by atoms with Crippen LogP contribution in [-0.4, -0.2) is 30.8 Å². The monoisotopic (exact) mass is 457 g/mol. The van der Waals surface area contributed by atoms with Crippen LogP contribution in [0.15, 0.2) is 22.6 Å². The summed E-state index contributed by atoms with van der Waals surface area (Å²) in [5.74, 6) is 2.85. The molecule has 33 heavy (non-hydrogen) atoms. The fourth-order valence-corrected chi connectivity index (χ4v) is 4.25. The molecular formula is C27H39NO5. The van der Waals surface area contributed by atoms with E-state index in [4.69, 9.17) is 13.9 Å². The third-order valence-electron chi connectivity index (χ3n) is 5.99. The quantitative estimate of drug-likeness (QED) is 0.211. The van der Waals surface area contributed by atoms with E-state index in [1.807, 2.05) is 6.07 Å². The molecule has 0 spiro atoms. The molecule has 182 valence electrons. The number of ether oxygens (including phenoxy) is 2. The summed E-state index contributed by atoms with van der Waals surface area (Å²) in [6.45, 7) is 6.24. The maximum Gasteiger partial charge on any atom is 0.226 e. The minimum atomic E-state index is -0.120. The van der Waals surface area contributed by atoms with Crippen molar-refractivity contribution in [1.82, 2.24) is 4.98 Å². The van der Waals surface area contributed by atoms with Crippen LogP contribution in [0.25, 0.3) is 11.5 Å². The average Bonchev–Trinajstić information content (AvgIpc) is 3.16. The maximum atomic E-state index is 12.5. The van der Waals surface area contributed by atoms with E-state index in [0.717, 1.165) is 24.3 Å². The van der Waals surface area contributed by atoms with Gasteiger partial charge in [0.2, 0.25) is 5.89 Å². The van der Waals surface area contributed by atoms with Crippen molar-refractivity contribution >= 4 is 11.6 Å². The first-order chi connectivity index (χ1) is 15.9. The molecule has 2 rings (SSSR count). The first-order valence-corrected chi connectivity index (χ1v) is 12.1. The number of oxazole rings is 1. The highest BCUT2D eigenvalue weighted by atomic mass is 16.5. The number of rotatable bonds is 16. The molecule has 0 saturated carbocycles. The maximum absolute atomic E-state index is 12.5. The van der Waals surface area contributed by atoms with E-state index < -0.39 is 0 Å². The summed E-state index contributed by atoms with van der Waals surface area (Å²) in [6.07, 6.45) is 8.61. The molecule has 0 aliphatic rings. The van der Waals surface area contributed by atoms with E-state index in [9.17, 15) is 9.59 Å². The minimum absolute atomic E-state index is 0.0174. The van der Waals surface area contributed by atoms with Gasteiger partial charge < -0.3 is 13.9 Å². The number of nitrogens with zero attached hydrogens (tertiary/aromatic N) is 1. The molecule has 0 aliphatic heterocycles. The van der Waals surface area contributed by atoms with Crippen molar-refractivity contribution in [2.24, 2.45) is 5.92 Å². The number of methoxy groups -OCH3 is 2. The van der Waals surface area contributed by atoms with Gasteiger partial charge in [-0.1, -0.05) is 52.4 Å². The first kappa shape index (κ1) is 26.6. The average molecular weight is 458 g/mol. The molecule has 1 aromatic carbocycles. The summed E-state index contributed by atoms with van der Waals surface area (Å²) < 4.78 is 16.4. The summed E-state index contributed by atoms with van der Waals surface area (Å²) >= 11 is 0. The molecule has 0 radical (unpaired) electrons. The van der Waals surface area contributed by atoms with Gasteiger partial charge in [-0.3, -0.25) is 9.59 Å². The lowest BCUT2D eigenvalue weighted by Crippen LogP contribution is -2.11. The molecule has 0 atom stereocenters. The number of aryl methyl sites for hydroxylation is 1. The Bertz CT molecular complexity index is 896. The van der Waals surface area contributed by atoms with Gasteiger partial charge in [0.15, 0.2) is 11.5 Å². The highest BCUT2D eigenvalue weighted by Crippen LogP contribution is 2.32. The van der Waals surface area contributed by atoms with E-state index in [2.05, 4.69) is 18.8 Å². The number of carbonyl (C=O) groups excluding carboxylic acids is 2. The van der Waals surface area contributed by atoms with Gasteiger partial charge in [0, 0.05) is 12.0 Å². The van der Waals surface area contributed by atoms with Gasteiger partial charge in [0.05, 0.1) is 32.8 Å². The zero-order valence-corrected chi connectivity index (χ0v) is 20.9. The second-order valence-electron chi connectivity index (χ2n) is 8.71. The van der Waals surface area contributed by atoms with Gasteiger partial charge in [-0.05, 0) is 37.5 Å². The predicted molar refractivity (Wildman–Crippen MR) is 130 cm³/mol. The van der Waals surface area contributed by atoms with E-state index in [-0.39, 0.29) is 24.4 Å². The molecule has 0 saturated heterocycles. The van der Waals surface area contributed by atoms with Gasteiger partial charge >= 0.3 is 0 Å². The van der Waals surface area contributed by atoms with E-state index in [1.165, 1.54) is 32.1 Å². The Morgan fingerprint density at radius 2 is 1.67 bits per heavy atom. The third kappa shape index (κ3) is 8.34. The topological polar surface area (TPSA) is 78.6 Å². The van der Waals surface area contributed by atoms with Crippen molar-refractivity contribution in [3.8, 4) is 23.0 Å². The molecule has 1 aromatic heterocycles. The summed E-state index contributed by atoms with van der Waals surface area (Å²) in [6, 6.07) is 5.39. The number of unbranched alkanes of at least 4 members (excludes halogenated alkanes) is 1. The van der Waals surface area contributed by atoms with Crippen LogP contribution in [0.2, 0.25) is 0 Å². The first-order valence-electron chi connectivity index (χ1n) is 12.1. The fourth-order valence-electron chi connectivity index (χ4n) is 4.25. The summed E-state index contributed by atoms with van der Waals surface area (Å²) in [7, 11) is 3.14.